The molecule has 0 saturated heterocycles. The minimum Gasteiger partial charge on any atom is -0.478 e. The molecule has 0 spiro atoms. The summed E-state index contributed by atoms with van der Waals surface area (Å²) < 4.78 is 0.815. The van der Waals surface area contributed by atoms with Crippen molar-refractivity contribution in [3.63, 3.8) is 0 Å². The van der Waals surface area contributed by atoms with Gasteiger partial charge in [-0.25, -0.2) is 9.78 Å². The van der Waals surface area contributed by atoms with Crippen molar-refractivity contribution < 1.29 is 9.90 Å². The Kier molecular flexibility index (Phi) is 6.84. The Morgan fingerprint density at radius 2 is 1.75 bits per heavy atom. The molecule has 0 radical (unpaired) electrons. The summed E-state index contributed by atoms with van der Waals surface area (Å²) in [6, 6.07) is 13.9. The number of carboxylic acids is 1. The van der Waals surface area contributed by atoms with Gasteiger partial charge in [-0.1, -0.05) is 56.9 Å². The summed E-state index contributed by atoms with van der Waals surface area (Å²) in [5.41, 5.74) is 4.90. The second-order valence-electron chi connectivity index (χ2n) is 7.36. The predicted octanol–water partition coefficient (Wildman–Crippen LogP) is 7.18. The Balaban J connectivity index is 1.88. The normalized spacial score (nSPS) is 11.1. The number of carboxylic acid groups (broad SMARTS) is 1. The molecular formula is C24H26BrNO2. The van der Waals surface area contributed by atoms with E-state index in [2.05, 4.69) is 35.0 Å². The summed E-state index contributed by atoms with van der Waals surface area (Å²) in [7, 11) is 0. The number of unbranched alkanes of at least 4 members (excludes halogenated alkanes) is 4. The van der Waals surface area contributed by atoms with Gasteiger partial charge in [0.2, 0.25) is 0 Å². The van der Waals surface area contributed by atoms with E-state index in [1.54, 1.807) is 6.07 Å². The van der Waals surface area contributed by atoms with Crippen LogP contribution in [0.25, 0.3) is 22.2 Å². The third-order valence-corrected chi connectivity index (χ3v) is 5.66. The lowest BCUT2D eigenvalue weighted by Gasteiger charge is -2.10. The number of hydrogen-bond donors (Lipinski definition) is 1. The lowest BCUT2D eigenvalue weighted by atomic mass is 10.0. The zero-order valence-corrected chi connectivity index (χ0v) is 18.1. The second kappa shape index (κ2) is 9.33. The van der Waals surface area contributed by atoms with Gasteiger partial charge in [-0.3, -0.25) is 0 Å². The SMILES string of the molecule is CCCCCCCc1ccc(-c2cc(C(=O)O)c3cc(C)cc(Br)c3n2)cc1. The molecule has 28 heavy (non-hydrogen) atoms. The largest absolute Gasteiger partial charge is 0.478 e. The maximum atomic E-state index is 11.8. The third kappa shape index (κ3) is 4.79. The van der Waals surface area contributed by atoms with Crippen LogP contribution in [0, 0.1) is 6.92 Å². The van der Waals surface area contributed by atoms with E-state index in [-0.39, 0.29) is 5.56 Å². The zero-order chi connectivity index (χ0) is 20.1. The summed E-state index contributed by atoms with van der Waals surface area (Å²) in [6.07, 6.45) is 7.46. The molecule has 0 atom stereocenters. The minimum atomic E-state index is -0.935. The number of fused-ring (bicyclic) bond motifs is 1. The number of rotatable bonds is 8. The van der Waals surface area contributed by atoms with Crippen LogP contribution in [0.15, 0.2) is 46.9 Å². The smallest absolute Gasteiger partial charge is 0.336 e. The first-order valence-electron chi connectivity index (χ1n) is 9.93. The summed E-state index contributed by atoms with van der Waals surface area (Å²) in [6.45, 7) is 4.18. The molecule has 0 amide bonds. The summed E-state index contributed by atoms with van der Waals surface area (Å²) >= 11 is 3.54. The van der Waals surface area contributed by atoms with E-state index in [1.807, 2.05) is 31.2 Å². The molecule has 4 heteroatoms. The van der Waals surface area contributed by atoms with Crippen molar-refractivity contribution in [3.8, 4) is 11.3 Å². The number of hydrogen-bond acceptors (Lipinski definition) is 2. The van der Waals surface area contributed by atoms with Crippen molar-refractivity contribution in [2.45, 2.75) is 52.4 Å². The van der Waals surface area contributed by atoms with Gasteiger partial charge in [-0.2, -0.15) is 0 Å². The molecule has 3 nitrogen and oxygen atoms in total. The second-order valence-corrected chi connectivity index (χ2v) is 8.22. The maximum Gasteiger partial charge on any atom is 0.336 e. The molecule has 3 rings (SSSR count). The summed E-state index contributed by atoms with van der Waals surface area (Å²) in [4.78, 5) is 16.6. The first kappa shape index (κ1) is 20.5. The van der Waals surface area contributed by atoms with Crippen LogP contribution in [-0.4, -0.2) is 16.1 Å². The Bertz CT molecular complexity index is 980. The molecule has 0 aliphatic rings. The molecule has 1 aromatic heterocycles. The van der Waals surface area contributed by atoms with E-state index >= 15 is 0 Å². The van der Waals surface area contributed by atoms with E-state index in [0.29, 0.717) is 16.6 Å². The fourth-order valence-electron chi connectivity index (χ4n) is 3.52. The van der Waals surface area contributed by atoms with Crippen LogP contribution in [0.3, 0.4) is 0 Å². The van der Waals surface area contributed by atoms with Gasteiger partial charge < -0.3 is 5.11 Å². The van der Waals surface area contributed by atoms with E-state index < -0.39 is 5.97 Å². The first-order valence-corrected chi connectivity index (χ1v) is 10.7. The van der Waals surface area contributed by atoms with Gasteiger partial charge in [-0.05, 0) is 65.0 Å². The van der Waals surface area contributed by atoms with Crippen molar-refractivity contribution >= 4 is 32.8 Å². The Morgan fingerprint density at radius 1 is 1.04 bits per heavy atom. The van der Waals surface area contributed by atoms with Crippen LogP contribution in [-0.2, 0) is 6.42 Å². The van der Waals surface area contributed by atoms with E-state index in [1.165, 1.54) is 37.7 Å². The number of benzene rings is 2. The quantitative estimate of drug-likeness (QED) is 0.377. The summed E-state index contributed by atoms with van der Waals surface area (Å²) in [5, 5.41) is 10.4. The van der Waals surface area contributed by atoms with Crippen molar-refractivity contribution in [1.82, 2.24) is 4.98 Å². The number of aryl methyl sites for hydroxylation is 2. The molecule has 0 fully saturated rings. The lowest BCUT2D eigenvalue weighted by molar-refractivity contribution is 0.0699. The van der Waals surface area contributed by atoms with Gasteiger partial charge in [0.05, 0.1) is 16.8 Å². The number of pyridine rings is 1. The highest BCUT2D eigenvalue weighted by molar-refractivity contribution is 9.10. The van der Waals surface area contributed by atoms with E-state index in [4.69, 9.17) is 4.98 Å². The van der Waals surface area contributed by atoms with Crippen LogP contribution >= 0.6 is 15.9 Å². The average Bonchev–Trinajstić information content (AvgIpc) is 2.67. The van der Waals surface area contributed by atoms with Crippen LogP contribution in [0.5, 0.6) is 0 Å². The molecule has 0 bridgehead atoms. The lowest BCUT2D eigenvalue weighted by Crippen LogP contribution is -2.01. The fraction of sp³-hybridized carbons (Fsp3) is 0.333. The van der Waals surface area contributed by atoms with Crippen LogP contribution in [0.2, 0.25) is 0 Å². The molecule has 1 N–H and O–H groups in total. The van der Waals surface area contributed by atoms with Gasteiger partial charge in [0.25, 0.3) is 0 Å². The van der Waals surface area contributed by atoms with E-state index in [0.717, 1.165) is 22.0 Å². The van der Waals surface area contributed by atoms with Crippen molar-refractivity contribution in [3.05, 3.63) is 63.6 Å². The number of halogens is 1. The zero-order valence-electron chi connectivity index (χ0n) is 16.5. The Morgan fingerprint density at radius 3 is 2.43 bits per heavy atom. The van der Waals surface area contributed by atoms with Gasteiger partial charge in [-0.15, -0.1) is 0 Å². The van der Waals surface area contributed by atoms with Gasteiger partial charge >= 0.3 is 5.97 Å². The minimum absolute atomic E-state index is 0.282. The Labute approximate surface area is 174 Å². The molecule has 3 aromatic rings. The standard InChI is InChI=1S/C24H26BrNO2/c1-3-4-5-6-7-8-17-9-11-18(12-10-17)22-15-20(24(27)28)19-13-16(2)14-21(25)23(19)26-22/h9-15H,3-8H2,1-2H3,(H,27,28). The molecule has 2 aromatic carbocycles. The highest BCUT2D eigenvalue weighted by Crippen LogP contribution is 2.31. The molecule has 1 heterocycles. The predicted molar refractivity (Wildman–Crippen MR) is 119 cm³/mol. The van der Waals surface area contributed by atoms with Crippen molar-refractivity contribution in [2.75, 3.05) is 0 Å². The first-order chi connectivity index (χ1) is 13.5. The molecule has 0 saturated carbocycles. The topological polar surface area (TPSA) is 50.2 Å². The van der Waals surface area contributed by atoms with Gasteiger partial charge in [0.1, 0.15) is 0 Å². The fourth-order valence-corrected chi connectivity index (χ4v) is 4.18. The summed E-state index contributed by atoms with van der Waals surface area (Å²) in [5.74, 6) is -0.935. The third-order valence-electron chi connectivity index (χ3n) is 5.06. The monoisotopic (exact) mass is 439 g/mol. The number of nitrogens with zero attached hydrogens (tertiary/aromatic N) is 1. The van der Waals surface area contributed by atoms with Crippen molar-refractivity contribution in [2.24, 2.45) is 0 Å². The number of aromatic nitrogens is 1. The van der Waals surface area contributed by atoms with Crippen LogP contribution < -0.4 is 0 Å². The number of aromatic carboxylic acids is 1. The van der Waals surface area contributed by atoms with Crippen molar-refractivity contribution in [1.29, 1.82) is 0 Å². The highest BCUT2D eigenvalue weighted by Gasteiger charge is 2.15. The average molecular weight is 440 g/mol. The van der Waals surface area contributed by atoms with Gasteiger partial charge in [0, 0.05) is 15.4 Å². The molecule has 0 unspecified atom stereocenters. The molecule has 0 aliphatic heterocycles. The molecule has 146 valence electrons. The molecular weight excluding hydrogens is 414 g/mol. The highest BCUT2D eigenvalue weighted by atomic mass is 79.9. The van der Waals surface area contributed by atoms with Crippen LogP contribution in [0.4, 0.5) is 0 Å². The van der Waals surface area contributed by atoms with Gasteiger partial charge in [0.15, 0.2) is 0 Å². The number of carbonyl (C=O) groups is 1. The maximum absolute atomic E-state index is 11.8. The molecule has 0 aliphatic carbocycles. The van der Waals surface area contributed by atoms with Crippen LogP contribution in [0.1, 0.15) is 60.5 Å². The Hall–Kier alpha value is -2.20. The van der Waals surface area contributed by atoms with E-state index in [9.17, 15) is 9.90 Å².